The summed E-state index contributed by atoms with van der Waals surface area (Å²) in [6.45, 7) is 4.33. The zero-order chi connectivity index (χ0) is 24.0. The molecule has 7 heteroatoms. The molecule has 0 aliphatic heterocycles. The molecule has 0 saturated heterocycles. The van der Waals surface area contributed by atoms with Crippen molar-refractivity contribution in [2.24, 2.45) is 5.92 Å². The number of halogens is 3. The number of esters is 1. The minimum atomic E-state index is -4.35. The summed E-state index contributed by atoms with van der Waals surface area (Å²) in [5, 5.41) is 2.75. The van der Waals surface area contributed by atoms with Crippen molar-refractivity contribution in [3.05, 3.63) is 81.7 Å². The molecule has 0 saturated carbocycles. The molecule has 174 valence electrons. The van der Waals surface area contributed by atoms with Crippen LogP contribution >= 0.6 is 11.3 Å². The molecule has 0 fully saturated rings. The fourth-order valence-corrected chi connectivity index (χ4v) is 4.16. The van der Waals surface area contributed by atoms with E-state index in [1.165, 1.54) is 30.6 Å². The van der Waals surface area contributed by atoms with E-state index in [-0.39, 0.29) is 5.97 Å². The van der Waals surface area contributed by atoms with E-state index in [0.29, 0.717) is 29.2 Å². The van der Waals surface area contributed by atoms with E-state index in [0.717, 1.165) is 41.1 Å². The van der Waals surface area contributed by atoms with Gasteiger partial charge in [0.15, 0.2) is 0 Å². The van der Waals surface area contributed by atoms with Gasteiger partial charge in [0.1, 0.15) is 5.01 Å². The van der Waals surface area contributed by atoms with Crippen LogP contribution in [-0.4, -0.2) is 18.1 Å². The molecule has 1 aromatic heterocycles. The second-order valence-corrected chi connectivity index (χ2v) is 9.03. The first-order valence-electron chi connectivity index (χ1n) is 10.7. The number of carbonyl (C=O) groups excluding carboxylic acids is 1. The molecule has 2 aromatic carbocycles. The predicted octanol–water partition coefficient (Wildman–Crippen LogP) is 7.68. The van der Waals surface area contributed by atoms with Crippen molar-refractivity contribution < 1.29 is 22.7 Å². The van der Waals surface area contributed by atoms with Crippen molar-refractivity contribution >= 4 is 22.9 Å². The maximum Gasteiger partial charge on any atom is 0.416 e. The number of rotatable bonds is 8. The predicted molar refractivity (Wildman–Crippen MR) is 126 cm³/mol. The van der Waals surface area contributed by atoms with Crippen molar-refractivity contribution in [2.45, 2.75) is 39.3 Å². The van der Waals surface area contributed by atoms with Crippen LogP contribution in [-0.2, 0) is 17.3 Å². The summed E-state index contributed by atoms with van der Waals surface area (Å²) in [5.41, 5.74) is 3.34. The number of aromatic nitrogens is 1. The van der Waals surface area contributed by atoms with Crippen LogP contribution in [0.15, 0.2) is 60.0 Å². The first kappa shape index (κ1) is 24.7. The molecular weight excluding hydrogens is 447 g/mol. The summed E-state index contributed by atoms with van der Waals surface area (Å²) >= 11 is 1.50. The van der Waals surface area contributed by atoms with Gasteiger partial charge in [0.05, 0.1) is 23.9 Å². The van der Waals surface area contributed by atoms with Gasteiger partial charge >= 0.3 is 12.1 Å². The Labute approximate surface area is 196 Å². The lowest BCUT2D eigenvalue weighted by Gasteiger charge is -2.08. The Morgan fingerprint density at radius 2 is 1.76 bits per heavy atom. The molecular formula is C26H26F3NO2S. The third-order valence-electron chi connectivity index (χ3n) is 5.24. The lowest BCUT2D eigenvalue weighted by atomic mass is 10.0. The van der Waals surface area contributed by atoms with Crippen LogP contribution < -0.4 is 0 Å². The van der Waals surface area contributed by atoms with E-state index in [2.05, 4.69) is 19.9 Å². The molecule has 0 spiro atoms. The molecule has 0 aliphatic rings. The number of benzene rings is 2. The summed E-state index contributed by atoms with van der Waals surface area (Å²) in [5.74, 6) is 0.162. The van der Waals surface area contributed by atoms with Crippen molar-refractivity contribution in [1.29, 1.82) is 0 Å². The van der Waals surface area contributed by atoms with E-state index in [1.54, 1.807) is 12.1 Å². The Balaban J connectivity index is 1.81. The van der Waals surface area contributed by atoms with Crippen LogP contribution in [0.1, 0.15) is 53.2 Å². The van der Waals surface area contributed by atoms with Crippen molar-refractivity contribution in [3.63, 3.8) is 0 Å². The summed E-state index contributed by atoms with van der Waals surface area (Å²) in [6, 6.07) is 12.4. The number of alkyl halides is 3. The average Bonchev–Trinajstić information content (AvgIpc) is 3.28. The molecule has 0 bridgehead atoms. The first-order chi connectivity index (χ1) is 15.7. The molecule has 3 nitrogen and oxygen atoms in total. The molecule has 0 amide bonds. The molecule has 1 heterocycles. The minimum absolute atomic E-state index is 0.367. The highest BCUT2D eigenvalue weighted by Crippen LogP contribution is 2.33. The highest BCUT2D eigenvalue weighted by molar-refractivity contribution is 7.11. The average molecular weight is 474 g/mol. The summed E-state index contributed by atoms with van der Waals surface area (Å²) in [4.78, 5) is 16.3. The van der Waals surface area contributed by atoms with Gasteiger partial charge in [0, 0.05) is 10.9 Å². The quantitative estimate of drug-likeness (QED) is 0.315. The SMILES string of the molecule is COC(=O)c1ccc(C/C=C(\CCC(C)C)c2nc(-c3ccc(C(F)(F)F)cc3)cs2)cc1. The summed E-state index contributed by atoms with van der Waals surface area (Å²) in [6.07, 6.45) is 0.336. The van der Waals surface area contributed by atoms with E-state index < -0.39 is 11.7 Å². The summed E-state index contributed by atoms with van der Waals surface area (Å²) < 4.78 is 43.3. The van der Waals surface area contributed by atoms with Gasteiger partial charge in [-0.2, -0.15) is 13.2 Å². The fourth-order valence-electron chi connectivity index (χ4n) is 3.26. The first-order valence-corrected chi connectivity index (χ1v) is 11.5. The van der Waals surface area contributed by atoms with Gasteiger partial charge < -0.3 is 4.74 Å². The third kappa shape index (κ3) is 6.78. The van der Waals surface area contributed by atoms with Crippen LogP contribution in [0.5, 0.6) is 0 Å². The second-order valence-electron chi connectivity index (χ2n) is 8.17. The van der Waals surface area contributed by atoms with Crippen molar-refractivity contribution in [1.82, 2.24) is 4.98 Å². The summed E-state index contributed by atoms with van der Waals surface area (Å²) in [7, 11) is 1.35. The van der Waals surface area contributed by atoms with Gasteiger partial charge in [-0.15, -0.1) is 11.3 Å². The number of allylic oxidation sites excluding steroid dienone is 2. The Kier molecular flexibility index (Phi) is 8.08. The van der Waals surface area contributed by atoms with Crippen LogP contribution in [0.25, 0.3) is 16.8 Å². The van der Waals surface area contributed by atoms with Gasteiger partial charge in [-0.05, 0) is 60.6 Å². The number of thiazole rings is 1. The lowest BCUT2D eigenvalue weighted by molar-refractivity contribution is -0.137. The maximum atomic E-state index is 12.8. The smallest absolute Gasteiger partial charge is 0.416 e. The zero-order valence-corrected chi connectivity index (χ0v) is 19.6. The molecule has 0 atom stereocenters. The number of hydrogen-bond donors (Lipinski definition) is 0. The largest absolute Gasteiger partial charge is 0.465 e. The molecule has 0 N–H and O–H groups in total. The van der Waals surface area contributed by atoms with Crippen LogP contribution in [0.3, 0.4) is 0 Å². The molecule has 0 radical (unpaired) electrons. The van der Waals surface area contributed by atoms with Gasteiger partial charge in [-0.25, -0.2) is 9.78 Å². The minimum Gasteiger partial charge on any atom is -0.465 e. The number of methoxy groups -OCH3 is 1. The van der Waals surface area contributed by atoms with Crippen molar-refractivity contribution in [2.75, 3.05) is 7.11 Å². The second kappa shape index (κ2) is 10.8. The molecule has 3 rings (SSSR count). The zero-order valence-electron chi connectivity index (χ0n) is 18.8. The molecule has 3 aromatic rings. The van der Waals surface area contributed by atoms with Gasteiger partial charge in [0.2, 0.25) is 0 Å². The van der Waals surface area contributed by atoms with E-state index in [4.69, 9.17) is 9.72 Å². The fraction of sp³-hybridized carbons (Fsp3) is 0.308. The standard InChI is InChI=1S/C26H26F3NO2S/c1-17(2)4-8-20(9-5-18-6-10-21(11-7-18)25(31)32-3)24-30-23(16-33-24)19-12-14-22(15-13-19)26(27,28)29/h6-7,9-17H,4-5,8H2,1-3H3/b20-9+. The van der Waals surface area contributed by atoms with Crippen LogP contribution in [0.4, 0.5) is 13.2 Å². The Bertz CT molecular complexity index is 1100. The highest BCUT2D eigenvalue weighted by Gasteiger charge is 2.30. The Morgan fingerprint density at radius 3 is 2.33 bits per heavy atom. The van der Waals surface area contributed by atoms with Crippen molar-refractivity contribution in [3.8, 4) is 11.3 Å². The van der Waals surface area contributed by atoms with E-state index in [1.807, 2.05) is 17.5 Å². The van der Waals surface area contributed by atoms with Crippen LogP contribution in [0.2, 0.25) is 0 Å². The normalized spacial score (nSPS) is 12.3. The molecule has 33 heavy (non-hydrogen) atoms. The van der Waals surface area contributed by atoms with Crippen LogP contribution in [0, 0.1) is 5.92 Å². The monoisotopic (exact) mass is 473 g/mol. The molecule has 0 unspecified atom stereocenters. The van der Waals surface area contributed by atoms with Gasteiger partial charge in [0.25, 0.3) is 0 Å². The Morgan fingerprint density at radius 1 is 1.09 bits per heavy atom. The third-order valence-corrected chi connectivity index (χ3v) is 6.15. The van der Waals surface area contributed by atoms with E-state index >= 15 is 0 Å². The topological polar surface area (TPSA) is 39.2 Å². The maximum absolute atomic E-state index is 12.8. The number of hydrogen-bond acceptors (Lipinski definition) is 4. The van der Waals surface area contributed by atoms with Gasteiger partial charge in [-0.3, -0.25) is 0 Å². The Hall–Kier alpha value is -2.93. The lowest BCUT2D eigenvalue weighted by Crippen LogP contribution is -2.04. The number of carbonyl (C=O) groups is 1. The highest BCUT2D eigenvalue weighted by atomic mass is 32.1. The van der Waals surface area contributed by atoms with Gasteiger partial charge in [-0.1, -0.05) is 44.2 Å². The van der Waals surface area contributed by atoms with E-state index in [9.17, 15) is 18.0 Å². The molecule has 0 aliphatic carbocycles. The number of ether oxygens (including phenoxy) is 1. The number of nitrogens with zero attached hydrogens (tertiary/aromatic N) is 1.